The minimum Gasteiger partial charge on any atom is -0.436 e. The van der Waals surface area contributed by atoms with Gasteiger partial charge in [-0.2, -0.15) is 0 Å². The number of fused-ring (bicyclic) bond motifs is 1. The van der Waals surface area contributed by atoms with Crippen LogP contribution in [-0.2, 0) is 4.79 Å². The van der Waals surface area contributed by atoms with Gasteiger partial charge < -0.3 is 9.73 Å². The molecular weight excluding hydrogens is 312 g/mol. The number of carbonyl (C=O) groups is 1. The molecule has 0 spiro atoms. The molecule has 0 unspecified atom stereocenters. The summed E-state index contributed by atoms with van der Waals surface area (Å²) < 4.78 is 5.88. The highest BCUT2D eigenvalue weighted by Crippen LogP contribution is 2.28. The number of rotatable bonds is 6. The van der Waals surface area contributed by atoms with Crippen molar-refractivity contribution in [1.29, 1.82) is 0 Å². The van der Waals surface area contributed by atoms with Crippen molar-refractivity contribution in [3.8, 4) is 11.5 Å². The molecule has 0 bridgehead atoms. The molecule has 1 heterocycles. The summed E-state index contributed by atoms with van der Waals surface area (Å²) in [5.41, 5.74) is 4.64. The number of hydrogen-bond acceptors (Lipinski definition) is 3. The van der Waals surface area contributed by atoms with Gasteiger partial charge in [0.25, 0.3) is 0 Å². The molecule has 0 aliphatic rings. The lowest BCUT2D eigenvalue weighted by molar-refractivity contribution is -0.116. The fraction of sp³-hybridized carbons (Fsp3) is 0.333. The fourth-order valence-corrected chi connectivity index (χ4v) is 2.76. The van der Waals surface area contributed by atoms with Crippen molar-refractivity contribution >= 4 is 22.7 Å². The Balaban J connectivity index is 1.82. The van der Waals surface area contributed by atoms with Gasteiger partial charge in [0.2, 0.25) is 11.8 Å². The molecule has 4 heteroatoms. The lowest BCUT2D eigenvalue weighted by atomic mass is 9.98. The SMILES string of the molecule is CCCC(=O)Nc1ccc(-c2nc3cc([C@H](C)CC)ccc3o2)cc1. The minimum absolute atomic E-state index is 0.0367. The second kappa shape index (κ2) is 7.51. The van der Waals surface area contributed by atoms with E-state index in [4.69, 9.17) is 4.42 Å². The van der Waals surface area contributed by atoms with Crippen LogP contribution in [0.2, 0.25) is 0 Å². The summed E-state index contributed by atoms with van der Waals surface area (Å²) in [7, 11) is 0. The highest BCUT2D eigenvalue weighted by atomic mass is 16.3. The van der Waals surface area contributed by atoms with Crippen molar-refractivity contribution in [1.82, 2.24) is 4.98 Å². The van der Waals surface area contributed by atoms with Crippen LogP contribution >= 0.6 is 0 Å². The predicted octanol–water partition coefficient (Wildman–Crippen LogP) is 5.75. The number of carbonyl (C=O) groups excluding carboxylic acids is 1. The lowest BCUT2D eigenvalue weighted by Crippen LogP contribution is -2.10. The van der Waals surface area contributed by atoms with Gasteiger partial charge in [0.05, 0.1) is 0 Å². The number of amides is 1. The molecule has 130 valence electrons. The molecule has 1 aromatic heterocycles. The van der Waals surface area contributed by atoms with Gasteiger partial charge in [-0.25, -0.2) is 4.98 Å². The van der Waals surface area contributed by atoms with E-state index in [9.17, 15) is 4.79 Å². The summed E-state index contributed by atoms with van der Waals surface area (Å²) in [6, 6.07) is 13.8. The molecule has 0 saturated heterocycles. The first-order valence-corrected chi connectivity index (χ1v) is 8.91. The molecule has 0 aliphatic heterocycles. The summed E-state index contributed by atoms with van der Waals surface area (Å²) in [4.78, 5) is 16.3. The van der Waals surface area contributed by atoms with E-state index >= 15 is 0 Å². The zero-order valence-electron chi connectivity index (χ0n) is 15.0. The van der Waals surface area contributed by atoms with Crippen LogP contribution in [0.3, 0.4) is 0 Å². The molecule has 1 atom stereocenters. The van der Waals surface area contributed by atoms with E-state index in [1.54, 1.807) is 0 Å². The average Bonchev–Trinajstić information content (AvgIpc) is 3.05. The summed E-state index contributed by atoms with van der Waals surface area (Å²) in [6.07, 6.45) is 2.47. The molecule has 0 saturated carbocycles. The fourth-order valence-electron chi connectivity index (χ4n) is 2.76. The summed E-state index contributed by atoms with van der Waals surface area (Å²) >= 11 is 0. The van der Waals surface area contributed by atoms with Crippen molar-refractivity contribution in [3.63, 3.8) is 0 Å². The highest BCUT2D eigenvalue weighted by molar-refractivity contribution is 5.90. The Morgan fingerprint density at radius 3 is 2.60 bits per heavy atom. The third-order valence-electron chi connectivity index (χ3n) is 4.49. The van der Waals surface area contributed by atoms with E-state index in [1.165, 1.54) is 5.56 Å². The van der Waals surface area contributed by atoms with Crippen molar-refractivity contribution < 1.29 is 9.21 Å². The zero-order valence-corrected chi connectivity index (χ0v) is 15.0. The maximum atomic E-state index is 11.7. The number of oxazole rings is 1. The molecule has 1 N–H and O–H groups in total. The third-order valence-corrected chi connectivity index (χ3v) is 4.49. The molecule has 1 amide bonds. The van der Waals surface area contributed by atoms with Crippen LogP contribution in [-0.4, -0.2) is 10.9 Å². The second-order valence-corrected chi connectivity index (χ2v) is 6.43. The Morgan fingerprint density at radius 2 is 1.92 bits per heavy atom. The van der Waals surface area contributed by atoms with Crippen LogP contribution in [0.4, 0.5) is 5.69 Å². The Hall–Kier alpha value is -2.62. The van der Waals surface area contributed by atoms with Gasteiger partial charge in [-0.15, -0.1) is 0 Å². The highest BCUT2D eigenvalue weighted by Gasteiger charge is 2.11. The van der Waals surface area contributed by atoms with E-state index in [2.05, 4.69) is 36.3 Å². The third kappa shape index (κ3) is 3.90. The maximum absolute atomic E-state index is 11.7. The molecule has 2 aromatic carbocycles. The van der Waals surface area contributed by atoms with Crippen LogP contribution < -0.4 is 5.32 Å². The molecule has 0 radical (unpaired) electrons. The van der Waals surface area contributed by atoms with Gasteiger partial charge in [-0.1, -0.05) is 26.8 Å². The Labute approximate surface area is 148 Å². The van der Waals surface area contributed by atoms with Gasteiger partial charge in [0.15, 0.2) is 5.58 Å². The number of aromatic nitrogens is 1. The molecule has 3 aromatic rings. The Morgan fingerprint density at radius 1 is 1.16 bits per heavy atom. The van der Waals surface area contributed by atoms with E-state index in [1.807, 2.05) is 37.3 Å². The van der Waals surface area contributed by atoms with E-state index in [0.717, 1.165) is 35.2 Å². The predicted molar refractivity (Wildman–Crippen MR) is 102 cm³/mol. The van der Waals surface area contributed by atoms with E-state index in [-0.39, 0.29) is 5.91 Å². The monoisotopic (exact) mass is 336 g/mol. The minimum atomic E-state index is 0.0367. The first-order chi connectivity index (χ1) is 12.1. The molecule has 25 heavy (non-hydrogen) atoms. The van der Waals surface area contributed by atoms with Gasteiger partial charge in [-0.05, 0) is 60.7 Å². The molecule has 4 nitrogen and oxygen atoms in total. The zero-order chi connectivity index (χ0) is 17.8. The van der Waals surface area contributed by atoms with Crippen LogP contribution in [0.15, 0.2) is 46.9 Å². The quantitative estimate of drug-likeness (QED) is 0.624. The lowest BCUT2D eigenvalue weighted by Gasteiger charge is -2.07. The van der Waals surface area contributed by atoms with Crippen LogP contribution in [0.1, 0.15) is 51.5 Å². The molecule has 0 fully saturated rings. The van der Waals surface area contributed by atoms with Crippen LogP contribution in [0.25, 0.3) is 22.6 Å². The van der Waals surface area contributed by atoms with Crippen LogP contribution in [0, 0.1) is 0 Å². The topological polar surface area (TPSA) is 55.1 Å². The Kier molecular flexibility index (Phi) is 5.17. The van der Waals surface area contributed by atoms with E-state index < -0.39 is 0 Å². The number of benzene rings is 2. The van der Waals surface area contributed by atoms with Gasteiger partial charge in [-0.3, -0.25) is 4.79 Å². The number of hydrogen-bond donors (Lipinski definition) is 1. The first kappa shape index (κ1) is 17.2. The Bertz CT molecular complexity index is 865. The average molecular weight is 336 g/mol. The summed E-state index contributed by atoms with van der Waals surface area (Å²) in [6.45, 7) is 6.39. The standard InChI is InChI=1S/C21H24N2O2/c1-4-6-20(24)22-17-10-7-15(8-11-17)21-23-18-13-16(14(3)5-2)9-12-19(18)25-21/h7-14H,4-6H2,1-3H3,(H,22,24)/t14-/m1/s1. The first-order valence-electron chi connectivity index (χ1n) is 8.91. The van der Waals surface area contributed by atoms with Crippen molar-refractivity contribution in [2.75, 3.05) is 5.32 Å². The number of anilines is 1. The normalized spacial score (nSPS) is 12.3. The van der Waals surface area contributed by atoms with Crippen molar-refractivity contribution in [2.24, 2.45) is 0 Å². The molecule has 3 rings (SSSR count). The van der Waals surface area contributed by atoms with E-state index in [0.29, 0.717) is 18.2 Å². The molecular formula is C21H24N2O2. The maximum Gasteiger partial charge on any atom is 0.227 e. The van der Waals surface area contributed by atoms with Gasteiger partial charge >= 0.3 is 0 Å². The number of nitrogens with one attached hydrogen (secondary N) is 1. The van der Waals surface area contributed by atoms with Gasteiger partial charge in [0.1, 0.15) is 5.52 Å². The smallest absolute Gasteiger partial charge is 0.227 e. The van der Waals surface area contributed by atoms with Crippen molar-refractivity contribution in [3.05, 3.63) is 48.0 Å². The summed E-state index contributed by atoms with van der Waals surface area (Å²) in [5.74, 6) is 1.15. The second-order valence-electron chi connectivity index (χ2n) is 6.43. The number of nitrogens with zero attached hydrogens (tertiary/aromatic N) is 1. The summed E-state index contributed by atoms with van der Waals surface area (Å²) in [5, 5.41) is 2.88. The largest absolute Gasteiger partial charge is 0.436 e. The van der Waals surface area contributed by atoms with Crippen LogP contribution in [0.5, 0.6) is 0 Å². The molecule has 0 aliphatic carbocycles. The van der Waals surface area contributed by atoms with Gasteiger partial charge in [0, 0.05) is 17.7 Å². The van der Waals surface area contributed by atoms with Crippen molar-refractivity contribution in [2.45, 2.75) is 46.0 Å².